The van der Waals surface area contributed by atoms with Crippen molar-refractivity contribution in [2.45, 2.75) is 13.8 Å². The molecule has 0 bridgehead atoms. The van der Waals surface area contributed by atoms with Crippen LogP contribution in [0.3, 0.4) is 0 Å². The van der Waals surface area contributed by atoms with Crippen molar-refractivity contribution in [2.24, 2.45) is 7.05 Å². The van der Waals surface area contributed by atoms with Crippen molar-refractivity contribution in [3.63, 3.8) is 0 Å². The van der Waals surface area contributed by atoms with Gasteiger partial charge < -0.3 is 19.5 Å². The lowest BCUT2D eigenvalue weighted by atomic mass is 10.2. The first-order valence-corrected chi connectivity index (χ1v) is 9.54. The Morgan fingerprint density at radius 1 is 1.25 bits per heavy atom. The fraction of sp³-hybridized carbons (Fsp3) is 0.316. The Hall–Kier alpha value is -2.81. The standard InChI is InChI=1S/C19H19BrN4O4/c1-10-6-11(2)21-18-17(10)19(23-24(18)3)28-9-16(25)22-13-8-15-14(7-12(13)20)26-4-5-27-15/h6-8H,4-5,9H2,1-3H3,(H,22,25). The molecule has 1 aliphatic rings. The molecule has 0 radical (unpaired) electrons. The van der Waals surface area contributed by atoms with Crippen LogP contribution in [-0.4, -0.2) is 40.5 Å². The molecule has 1 aromatic carbocycles. The van der Waals surface area contributed by atoms with E-state index in [1.165, 1.54) is 0 Å². The van der Waals surface area contributed by atoms with Gasteiger partial charge in [-0.25, -0.2) is 9.67 Å². The lowest BCUT2D eigenvalue weighted by Gasteiger charge is -2.20. The number of nitrogens with zero attached hydrogens (tertiary/aromatic N) is 3. The Morgan fingerprint density at radius 3 is 2.71 bits per heavy atom. The summed E-state index contributed by atoms with van der Waals surface area (Å²) < 4.78 is 19.1. The van der Waals surface area contributed by atoms with E-state index in [1.807, 2.05) is 19.9 Å². The lowest BCUT2D eigenvalue weighted by molar-refractivity contribution is -0.118. The van der Waals surface area contributed by atoms with Crippen molar-refractivity contribution in [1.29, 1.82) is 0 Å². The van der Waals surface area contributed by atoms with E-state index in [4.69, 9.17) is 14.2 Å². The summed E-state index contributed by atoms with van der Waals surface area (Å²) in [6, 6.07) is 5.46. The average molecular weight is 447 g/mol. The quantitative estimate of drug-likeness (QED) is 0.662. The summed E-state index contributed by atoms with van der Waals surface area (Å²) in [5, 5.41) is 7.97. The molecule has 0 saturated heterocycles. The first-order chi connectivity index (χ1) is 13.4. The molecule has 1 N–H and O–H groups in total. The number of amides is 1. The van der Waals surface area contributed by atoms with Crippen LogP contribution in [0.1, 0.15) is 11.3 Å². The summed E-state index contributed by atoms with van der Waals surface area (Å²) in [6.45, 7) is 4.70. The molecule has 0 atom stereocenters. The van der Waals surface area contributed by atoms with Gasteiger partial charge in [0.1, 0.15) is 13.2 Å². The Bertz CT molecular complexity index is 1080. The van der Waals surface area contributed by atoms with Crippen molar-refractivity contribution >= 4 is 38.6 Å². The molecule has 3 aromatic rings. The van der Waals surface area contributed by atoms with E-state index in [0.29, 0.717) is 40.8 Å². The molecule has 3 heterocycles. The van der Waals surface area contributed by atoms with Crippen LogP contribution >= 0.6 is 15.9 Å². The number of hydrogen-bond acceptors (Lipinski definition) is 6. The maximum absolute atomic E-state index is 12.4. The third-order valence-corrected chi connectivity index (χ3v) is 4.99. The monoisotopic (exact) mass is 446 g/mol. The van der Waals surface area contributed by atoms with Crippen LogP contribution in [0, 0.1) is 13.8 Å². The second kappa shape index (κ2) is 7.31. The molecule has 0 fully saturated rings. The van der Waals surface area contributed by atoms with Crippen LogP contribution in [0.5, 0.6) is 17.4 Å². The van der Waals surface area contributed by atoms with E-state index < -0.39 is 0 Å². The van der Waals surface area contributed by atoms with Gasteiger partial charge >= 0.3 is 0 Å². The number of carbonyl (C=O) groups excluding carboxylic acids is 1. The summed E-state index contributed by atoms with van der Waals surface area (Å²) in [4.78, 5) is 16.9. The molecule has 8 nitrogen and oxygen atoms in total. The second-order valence-electron chi connectivity index (χ2n) is 6.52. The Kier molecular flexibility index (Phi) is 4.84. The highest BCUT2D eigenvalue weighted by molar-refractivity contribution is 9.10. The van der Waals surface area contributed by atoms with E-state index in [2.05, 4.69) is 31.3 Å². The minimum Gasteiger partial charge on any atom is -0.486 e. The molecule has 146 valence electrons. The van der Waals surface area contributed by atoms with Gasteiger partial charge in [0.2, 0.25) is 5.88 Å². The molecule has 28 heavy (non-hydrogen) atoms. The first kappa shape index (κ1) is 18.5. The number of rotatable bonds is 4. The van der Waals surface area contributed by atoms with Gasteiger partial charge in [-0.15, -0.1) is 5.10 Å². The molecular formula is C19H19BrN4O4. The van der Waals surface area contributed by atoms with Gasteiger partial charge in [0, 0.05) is 29.3 Å². The zero-order valence-electron chi connectivity index (χ0n) is 15.7. The number of hydrogen-bond donors (Lipinski definition) is 1. The fourth-order valence-corrected chi connectivity index (χ4v) is 3.55. The first-order valence-electron chi connectivity index (χ1n) is 8.75. The highest BCUT2D eigenvalue weighted by atomic mass is 79.9. The molecule has 2 aromatic heterocycles. The van der Waals surface area contributed by atoms with Crippen molar-refractivity contribution in [2.75, 3.05) is 25.1 Å². The van der Waals surface area contributed by atoms with Gasteiger partial charge in [-0.3, -0.25) is 4.79 Å². The van der Waals surface area contributed by atoms with Gasteiger partial charge in [-0.2, -0.15) is 0 Å². The van der Waals surface area contributed by atoms with Gasteiger partial charge in [-0.05, 0) is 41.4 Å². The maximum Gasteiger partial charge on any atom is 0.262 e. The molecule has 1 amide bonds. The Labute approximate surface area is 169 Å². The third-order valence-electron chi connectivity index (χ3n) is 4.33. The molecule has 1 aliphatic heterocycles. The zero-order valence-corrected chi connectivity index (χ0v) is 17.3. The lowest BCUT2D eigenvalue weighted by Crippen LogP contribution is -2.21. The predicted octanol–water partition coefficient (Wildman–Crippen LogP) is 3.14. The molecule has 0 saturated carbocycles. The number of fused-ring (bicyclic) bond motifs is 2. The molecule has 9 heteroatoms. The fourth-order valence-electron chi connectivity index (χ4n) is 3.13. The average Bonchev–Trinajstić information content (AvgIpc) is 2.96. The molecule has 0 spiro atoms. The zero-order chi connectivity index (χ0) is 19.8. The Balaban J connectivity index is 1.49. The molecule has 0 aliphatic carbocycles. The van der Waals surface area contributed by atoms with E-state index in [-0.39, 0.29) is 12.5 Å². The number of carbonyl (C=O) groups is 1. The number of anilines is 1. The van der Waals surface area contributed by atoms with Crippen LogP contribution in [0.2, 0.25) is 0 Å². The van der Waals surface area contributed by atoms with Crippen LogP contribution in [0.15, 0.2) is 22.7 Å². The minimum absolute atomic E-state index is 0.180. The molecular weight excluding hydrogens is 428 g/mol. The minimum atomic E-state index is -0.311. The van der Waals surface area contributed by atoms with E-state index in [9.17, 15) is 4.79 Å². The molecule has 4 rings (SSSR count). The highest BCUT2D eigenvalue weighted by Gasteiger charge is 2.18. The summed E-state index contributed by atoms with van der Waals surface area (Å²) in [6.07, 6.45) is 0. The van der Waals surface area contributed by atoms with Crippen molar-refractivity contribution in [3.8, 4) is 17.4 Å². The van der Waals surface area contributed by atoms with Gasteiger partial charge in [0.25, 0.3) is 5.91 Å². The Morgan fingerprint density at radius 2 is 1.96 bits per heavy atom. The van der Waals surface area contributed by atoms with Crippen LogP contribution in [-0.2, 0) is 11.8 Å². The van der Waals surface area contributed by atoms with Gasteiger partial charge in [0.05, 0.1) is 11.1 Å². The van der Waals surface area contributed by atoms with Crippen LogP contribution in [0.4, 0.5) is 5.69 Å². The number of halogens is 1. The van der Waals surface area contributed by atoms with Crippen molar-refractivity contribution in [3.05, 3.63) is 33.9 Å². The number of pyridine rings is 1. The number of ether oxygens (including phenoxy) is 3. The summed E-state index contributed by atoms with van der Waals surface area (Å²) in [5.41, 5.74) is 3.21. The maximum atomic E-state index is 12.4. The smallest absolute Gasteiger partial charge is 0.262 e. The van der Waals surface area contributed by atoms with E-state index >= 15 is 0 Å². The summed E-state index contributed by atoms with van der Waals surface area (Å²) in [5.74, 6) is 1.32. The van der Waals surface area contributed by atoms with E-state index in [1.54, 1.807) is 23.9 Å². The normalized spacial score (nSPS) is 12.9. The highest BCUT2D eigenvalue weighted by Crippen LogP contribution is 2.38. The van der Waals surface area contributed by atoms with Gasteiger partial charge in [0.15, 0.2) is 23.8 Å². The van der Waals surface area contributed by atoms with Gasteiger partial charge in [-0.1, -0.05) is 0 Å². The van der Waals surface area contributed by atoms with Crippen LogP contribution < -0.4 is 19.5 Å². The van der Waals surface area contributed by atoms with Crippen molar-refractivity contribution in [1.82, 2.24) is 14.8 Å². The largest absolute Gasteiger partial charge is 0.486 e. The number of aryl methyl sites for hydroxylation is 3. The second-order valence-corrected chi connectivity index (χ2v) is 7.37. The van der Waals surface area contributed by atoms with Crippen LogP contribution in [0.25, 0.3) is 11.0 Å². The summed E-state index contributed by atoms with van der Waals surface area (Å²) >= 11 is 3.44. The number of aromatic nitrogens is 3. The summed E-state index contributed by atoms with van der Waals surface area (Å²) in [7, 11) is 1.80. The molecule has 0 unspecified atom stereocenters. The number of nitrogens with one attached hydrogen (secondary N) is 1. The third kappa shape index (κ3) is 3.49. The number of benzene rings is 1. The SMILES string of the molecule is Cc1cc(C)c2c(OCC(=O)Nc3cc4c(cc3Br)OCCO4)nn(C)c2n1. The van der Waals surface area contributed by atoms with Crippen molar-refractivity contribution < 1.29 is 19.0 Å². The predicted molar refractivity (Wildman–Crippen MR) is 107 cm³/mol. The van der Waals surface area contributed by atoms with E-state index in [0.717, 1.165) is 22.3 Å². The topological polar surface area (TPSA) is 87.5 Å².